The number of phenols is 1. The zero-order valence-corrected chi connectivity index (χ0v) is 9.78. The highest BCUT2D eigenvalue weighted by atomic mass is 16.3. The van der Waals surface area contributed by atoms with E-state index in [4.69, 9.17) is 0 Å². The van der Waals surface area contributed by atoms with E-state index in [1.54, 1.807) is 0 Å². The standard InChI is InChI=1S/C15H20O/c16-15-9-13(11-4-2-1-3-5-11)8-14(10-15)12-6-7-12/h8-12,16H,1-7H2. The largest absolute Gasteiger partial charge is 0.508 e. The lowest BCUT2D eigenvalue weighted by atomic mass is 9.83. The van der Waals surface area contributed by atoms with Crippen LogP contribution in [-0.2, 0) is 0 Å². The molecule has 1 N–H and O–H groups in total. The summed E-state index contributed by atoms with van der Waals surface area (Å²) in [7, 11) is 0. The number of aromatic hydroxyl groups is 1. The Hall–Kier alpha value is -0.980. The van der Waals surface area contributed by atoms with Crippen LogP contribution < -0.4 is 0 Å². The molecule has 2 saturated carbocycles. The first kappa shape index (κ1) is 10.2. The molecule has 0 unspecified atom stereocenters. The van der Waals surface area contributed by atoms with Crippen molar-refractivity contribution in [3.05, 3.63) is 29.3 Å². The van der Waals surface area contributed by atoms with Gasteiger partial charge in [0.2, 0.25) is 0 Å². The monoisotopic (exact) mass is 216 g/mol. The molecule has 1 nitrogen and oxygen atoms in total. The van der Waals surface area contributed by atoms with Crippen LogP contribution in [0.5, 0.6) is 5.75 Å². The van der Waals surface area contributed by atoms with E-state index in [-0.39, 0.29) is 0 Å². The quantitative estimate of drug-likeness (QED) is 0.780. The van der Waals surface area contributed by atoms with Crippen LogP contribution in [0.15, 0.2) is 18.2 Å². The minimum Gasteiger partial charge on any atom is -0.508 e. The van der Waals surface area contributed by atoms with E-state index >= 15 is 0 Å². The number of hydrogen-bond acceptors (Lipinski definition) is 1. The second-order valence-corrected chi connectivity index (χ2v) is 5.47. The third kappa shape index (κ3) is 2.09. The summed E-state index contributed by atoms with van der Waals surface area (Å²) in [5.74, 6) is 1.93. The van der Waals surface area contributed by atoms with Gasteiger partial charge in [-0.05, 0) is 60.8 Å². The van der Waals surface area contributed by atoms with Crippen molar-refractivity contribution >= 4 is 0 Å². The first-order chi connectivity index (χ1) is 7.83. The molecular weight excluding hydrogens is 196 g/mol. The van der Waals surface area contributed by atoms with Gasteiger partial charge in [0.25, 0.3) is 0 Å². The molecule has 2 fully saturated rings. The normalized spacial score (nSPS) is 22.2. The summed E-state index contributed by atoms with van der Waals surface area (Å²) in [5.41, 5.74) is 2.77. The maximum atomic E-state index is 9.80. The molecular formula is C15H20O. The maximum absolute atomic E-state index is 9.80. The fourth-order valence-corrected chi connectivity index (χ4v) is 2.98. The molecule has 0 radical (unpaired) electrons. The predicted octanol–water partition coefficient (Wildman–Crippen LogP) is 4.32. The van der Waals surface area contributed by atoms with E-state index in [1.807, 2.05) is 12.1 Å². The van der Waals surface area contributed by atoms with Gasteiger partial charge in [-0.15, -0.1) is 0 Å². The lowest BCUT2D eigenvalue weighted by molar-refractivity contribution is 0.437. The molecule has 1 heteroatoms. The Morgan fingerprint density at radius 1 is 0.750 bits per heavy atom. The van der Waals surface area contributed by atoms with Crippen LogP contribution in [0.3, 0.4) is 0 Å². The lowest BCUT2D eigenvalue weighted by Gasteiger charge is -2.22. The van der Waals surface area contributed by atoms with Crippen LogP contribution in [0.1, 0.15) is 67.9 Å². The van der Waals surface area contributed by atoms with E-state index in [9.17, 15) is 5.11 Å². The van der Waals surface area contributed by atoms with Crippen molar-refractivity contribution in [1.82, 2.24) is 0 Å². The van der Waals surface area contributed by atoms with Gasteiger partial charge in [-0.3, -0.25) is 0 Å². The van der Waals surface area contributed by atoms with Crippen molar-refractivity contribution in [2.75, 3.05) is 0 Å². The van der Waals surface area contributed by atoms with Gasteiger partial charge in [0, 0.05) is 0 Å². The Morgan fingerprint density at radius 3 is 1.88 bits per heavy atom. The summed E-state index contributed by atoms with van der Waals surface area (Å²) in [6.45, 7) is 0. The van der Waals surface area contributed by atoms with Gasteiger partial charge in [0.1, 0.15) is 5.75 Å². The lowest BCUT2D eigenvalue weighted by Crippen LogP contribution is -2.04. The summed E-state index contributed by atoms with van der Waals surface area (Å²) in [6.07, 6.45) is 9.37. The molecule has 2 aliphatic carbocycles. The summed E-state index contributed by atoms with van der Waals surface area (Å²) < 4.78 is 0. The predicted molar refractivity (Wildman–Crippen MR) is 65.9 cm³/mol. The maximum Gasteiger partial charge on any atom is 0.116 e. The highest BCUT2D eigenvalue weighted by Gasteiger charge is 2.25. The molecule has 2 aliphatic rings. The molecule has 0 aromatic heterocycles. The summed E-state index contributed by atoms with van der Waals surface area (Å²) in [6, 6.07) is 6.30. The summed E-state index contributed by atoms with van der Waals surface area (Å²) in [5, 5.41) is 9.80. The Labute approximate surface area is 97.5 Å². The molecule has 16 heavy (non-hydrogen) atoms. The van der Waals surface area contributed by atoms with Crippen LogP contribution in [-0.4, -0.2) is 5.11 Å². The molecule has 1 aromatic rings. The molecule has 0 amide bonds. The smallest absolute Gasteiger partial charge is 0.116 e. The van der Waals surface area contributed by atoms with Gasteiger partial charge in [-0.2, -0.15) is 0 Å². The molecule has 0 aliphatic heterocycles. The molecule has 0 bridgehead atoms. The van der Waals surface area contributed by atoms with Crippen LogP contribution in [0.2, 0.25) is 0 Å². The van der Waals surface area contributed by atoms with Crippen molar-refractivity contribution < 1.29 is 5.11 Å². The van der Waals surface area contributed by atoms with Gasteiger partial charge in [0.05, 0.1) is 0 Å². The SMILES string of the molecule is Oc1cc(C2CCCCC2)cc(C2CC2)c1. The minimum atomic E-state index is 0.477. The van der Waals surface area contributed by atoms with Gasteiger partial charge >= 0.3 is 0 Å². The van der Waals surface area contributed by atoms with Crippen molar-refractivity contribution in [1.29, 1.82) is 0 Å². The Morgan fingerprint density at radius 2 is 1.31 bits per heavy atom. The Bertz CT molecular complexity index is 373. The average Bonchev–Trinajstić information content (AvgIpc) is 3.13. The minimum absolute atomic E-state index is 0.477. The molecule has 1 aromatic carbocycles. The molecule has 3 rings (SSSR count). The number of rotatable bonds is 2. The second-order valence-electron chi connectivity index (χ2n) is 5.47. The van der Waals surface area contributed by atoms with Crippen LogP contribution >= 0.6 is 0 Å². The van der Waals surface area contributed by atoms with Gasteiger partial charge in [0.15, 0.2) is 0 Å². The first-order valence-electron chi connectivity index (χ1n) is 6.67. The van der Waals surface area contributed by atoms with E-state index in [1.165, 1.54) is 56.1 Å². The van der Waals surface area contributed by atoms with Crippen molar-refractivity contribution in [3.8, 4) is 5.75 Å². The van der Waals surface area contributed by atoms with Gasteiger partial charge in [-0.1, -0.05) is 25.3 Å². The number of benzene rings is 1. The number of phenolic OH excluding ortho intramolecular Hbond substituents is 1. The second kappa shape index (κ2) is 4.12. The average molecular weight is 216 g/mol. The van der Waals surface area contributed by atoms with Crippen LogP contribution in [0, 0.1) is 0 Å². The van der Waals surface area contributed by atoms with E-state index in [0.29, 0.717) is 11.7 Å². The Kier molecular flexibility index (Phi) is 2.62. The van der Waals surface area contributed by atoms with Crippen LogP contribution in [0.4, 0.5) is 0 Å². The van der Waals surface area contributed by atoms with Crippen molar-refractivity contribution in [2.45, 2.75) is 56.8 Å². The Balaban J connectivity index is 1.86. The third-order valence-corrected chi connectivity index (χ3v) is 4.09. The molecule has 0 atom stereocenters. The summed E-state index contributed by atoms with van der Waals surface area (Å²) in [4.78, 5) is 0. The zero-order chi connectivity index (χ0) is 11.0. The summed E-state index contributed by atoms with van der Waals surface area (Å²) >= 11 is 0. The van der Waals surface area contributed by atoms with Crippen LogP contribution in [0.25, 0.3) is 0 Å². The molecule has 86 valence electrons. The van der Waals surface area contributed by atoms with Crippen molar-refractivity contribution in [2.24, 2.45) is 0 Å². The van der Waals surface area contributed by atoms with E-state index < -0.39 is 0 Å². The topological polar surface area (TPSA) is 20.2 Å². The zero-order valence-electron chi connectivity index (χ0n) is 9.78. The van der Waals surface area contributed by atoms with E-state index in [0.717, 1.165) is 5.92 Å². The van der Waals surface area contributed by atoms with Crippen molar-refractivity contribution in [3.63, 3.8) is 0 Å². The molecule has 0 saturated heterocycles. The van der Waals surface area contributed by atoms with E-state index in [2.05, 4.69) is 6.07 Å². The fourth-order valence-electron chi connectivity index (χ4n) is 2.98. The molecule has 0 spiro atoms. The third-order valence-electron chi connectivity index (χ3n) is 4.09. The van der Waals surface area contributed by atoms with Gasteiger partial charge in [-0.25, -0.2) is 0 Å². The first-order valence-corrected chi connectivity index (χ1v) is 6.67. The molecule has 0 heterocycles. The van der Waals surface area contributed by atoms with Gasteiger partial charge < -0.3 is 5.11 Å². The fraction of sp³-hybridized carbons (Fsp3) is 0.600. The highest BCUT2D eigenvalue weighted by molar-refractivity contribution is 5.38. The number of hydrogen-bond donors (Lipinski definition) is 1. The highest BCUT2D eigenvalue weighted by Crippen LogP contribution is 2.43.